The van der Waals surface area contributed by atoms with E-state index in [4.69, 9.17) is 9.40 Å². The number of hydrogen-bond donors (Lipinski definition) is 1. The van der Waals surface area contributed by atoms with Crippen molar-refractivity contribution in [1.82, 2.24) is 34.2 Å². The predicted octanol–water partition coefficient (Wildman–Crippen LogP) is 3.37. The number of fused-ring (bicyclic) bond motifs is 3. The topological polar surface area (TPSA) is 110 Å². The summed E-state index contributed by atoms with van der Waals surface area (Å²) >= 11 is 0. The number of likely N-dealkylation sites (N-methyl/N-ethyl adjacent to an activating group) is 2. The van der Waals surface area contributed by atoms with Crippen LogP contribution in [0.15, 0.2) is 40.6 Å². The molecule has 1 amide bonds. The number of nitriles is 1. The Labute approximate surface area is 215 Å². The molecule has 4 aromatic heterocycles. The summed E-state index contributed by atoms with van der Waals surface area (Å²) in [5, 5.41) is 10.7. The Morgan fingerprint density at radius 1 is 1.24 bits per heavy atom. The van der Waals surface area contributed by atoms with E-state index >= 15 is 0 Å². The van der Waals surface area contributed by atoms with Crippen LogP contribution in [-0.4, -0.2) is 94.5 Å². The van der Waals surface area contributed by atoms with Crippen LogP contribution in [0.5, 0.6) is 0 Å². The lowest BCUT2D eigenvalue weighted by Gasteiger charge is -2.31. The number of aromatic nitrogens is 4. The van der Waals surface area contributed by atoms with E-state index in [1.165, 1.54) is 6.08 Å². The lowest BCUT2D eigenvalue weighted by molar-refractivity contribution is -0.125. The lowest BCUT2D eigenvalue weighted by atomic mass is 10.0. The van der Waals surface area contributed by atoms with Crippen molar-refractivity contribution in [3.63, 3.8) is 0 Å². The third-order valence-electron chi connectivity index (χ3n) is 7.00. The number of hydrogen-bond acceptors (Lipinski definition) is 7. The molecule has 1 fully saturated rings. The number of pyridine rings is 1. The second-order valence-corrected chi connectivity index (χ2v) is 9.97. The molecule has 0 unspecified atom stereocenters. The average Bonchev–Trinajstić information content (AvgIpc) is 3.63. The molecule has 5 rings (SSSR count). The zero-order valence-corrected chi connectivity index (χ0v) is 21.7. The van der Waals surface area contributed by atoms with Crippen LogP contribution in [0.25, 0.3) is 39.7 Å². The Bertz CT molecular complexity index is 1490. The fourth-order valence-corrected chi connectivity index (χ4v) is 4.87. The maximum absolute atomic E-state index is 12.8. The number of rotatable bonds is 7. The van der Waals surface area contributed by atoms with Crippen LogP contribution in [0.2, 0.25) is 0 Å². The molecule has 1 aliphatic rings. The van der Waals surface area contributed by atoms with Crippen LogP contribution in [0.4, 0.5) is 0 Å². The van der Waals surface area contributed by atoms with Gasteiger partial charge < -0.3 is 28.7 Å². The van der Waals surface area contributed by atoms with E-state index in [-0.39, 0.29) is 17.5 Å². The number of nitrogens with zero attached hydrogens (tertiary/aromatic N) is 7. The minimum Gasteiger partial charge on any atom is -0.453 e. The Hall–Kier alpha value is -3.94. The number of piperidine rings is 1. The van der Waals surface area contributed by atoms with Crippen LogP contribution in [0.1, 0.15) is 24.6 Å². The van der Waals surface area contributed by atoms with Gasteiger partial charge in [-0.1, -0.05) is 0 Å². The number of furan rings is 1. The number of amides is 1. The smallest absolute Gasteiger partial charge is 0.264 e. The van der Waals surface area contributed by atoms with Gasteiger partial charge >= 0.3 is 0 Å². The maximum Gasteiger partial charge on any atom is 0.264 e. The van der Waals surface area contributed by atoms with Crippen LogP contribution in [0.3, 0.4) is 0 Å². The summed E-state index contributed by atoms with van der Waals surface area (Å²) in [7, 11) is 7.73. The zero-order valence-electron chi connectivity index (χ0n) is 21.7. The van der Waals surface area contributed by atoms with Gasteiger partial charge in [0, 0.05) is 43.8 Å². The number of H-pyrrole nitrogens is 1. The molecule has 0 aliphatic carbocycles. The van der Waals surface area contributed by atoms with Gasteiger partial charge in [0.15, 0.2) is 11.6 Å². The summed E-state index contributed by atoms with van der Waals surface area (Å²) in [5.74, 6) is 1.43. The van der Waals surface area contributed by atoms with Gasteiger partial charge in [-0.05, 0) is 65.3 Å². The van der Waals surface area contributed by atoms with Crippen molar-refractivity contribution in [2.24, 2.45) is 0 Å². The molecule has 0 spiro atoms. The van der Waals surface area contributed by atoms with E-state index in [0.717, 1.165) is 53.8 Å². The van der Waals surface area contributed by atoms with Crippen molar-refractivity contribution in [2.75, 3.05) is 54.4 Å². The van der Waals surface area contributed by atoms with Crippen molar-refractivity contribution in [1.29, 1.82) is 5.26 Å². The van der Waals surface area contributed by atoms with Gasteiger partial charge in [0.25, 0.3) is 5.91 Å². The highest BCUT2D eigenvalue weighted by atomic mass is 16.3. The fourth-order valence-electron chi connectivity index (χ4n) is 4.87. The maximum atomic E-state index is 12.8. The number of aromatic amines is 1. The number of carbonyl (C=O) groups excluding carboxylic acids is 1. The third-order valence-corrected chi connectivity index (χ3v) is 7.00. The highest BCUT2D eigenvalue weighted by Crippen LogP contribution is 2.36. The molecule has 0 radical (unpaired) electrons. The molecule has 10 heteroatoms. The summed E-state index contributed by atoms with van der Waals surface area (Å²) in [4.78, 5) is 31.4. The molecular formula is C27H32N8O2. The van der Waals surface area contributed by atoms with Crippen molar-refractivity contribution in [3.05, 3.63) is 41.9 Å². The number of imidazole rings is 1. The van der Waals surface area contributed by atoms with Gasteiger partial charge in [0.1, 0.15) is 28.6 Å². The first-order valence-corrected chi connectivity index (χ1v) is 12.5. The molecule has 0 atom stereocenters. The van der Waals surface area contributed by atoms with Crippen molar-refractivity contribution in [3.8, 4) is 17.7 Å². The number of likely N-dealkylation sites (tertiary alicyclic amines) is 1. The Balaban J connectivity index is 1.52. The molecule has 0 saturated carbocycles. The minimum atomic E-state index is -0.332. The normalized spacial score (nSPS) is 15.6. The monoisotopic (exact) mass is 500 g/mol. The predicted molar refractivity (Wildman–Crippen MR) is 143 cm³/mol. The average molecular weight is 501 g/mol. The summed E-state index contributed by atoms with van der Waals surface area (Å²) in [6.45, 7) is 3.25. The number of carbonyl (C=O) groups is 1. The van der Waals surface area contributed by atoms with E-state index in [1.807, 2.05) is 43.4 Å². The highest BCUT2D eigenvalue weighted by Gasteiger charge is 2.27. The molecule has 0 aromatic carbocycles. The van der Waals surface area contributed by atoms with Crippen molar-refractivity contribution >= 4 is 34.1 Å². The minimum absolute atomic E-state index is 0.0317. The van der Waals surface area contributed by atoms with E-state index < -0.39 is 0 Å². The van der Waals surface area contributed by atoms with E-state index in [1.54, 1.807) is 24.2 Å². The van der Waals surface area contributed by atoms with Crippen molar-refractivity contribution < 1.29 is 9.21 Å². The SMILES string of the molecule is CN(C)CCN(C)C(=O)/C(C#N)=C/c1ccc(-c2nc3cnc4[nH]ccc4c3n2C2CCN(C)CC2)o1. The second-order valence-electron chi connectivity index (χ2n) is 9.97. The quantitative estimate of drug-likeness (QED) is 0.306. The second kappa shape index (κ2) is 10.2. The summed E-state index contributed by atoms with van der Waals surface area (Å²) in [5.41, 5.74) is 2.71. The first-order valence-electron chi connectivity index (χ1n) is 12.5. The zero-order chi connectivity index (χ0) is 26.1. The molecule has 10 nitrogen and oxygen atoms in total. The molecule has 1 saturated heterocycles. The Kier molecular flexibility index (Phi) is 6.82. The molecule has 1 N–H and O–H groups in total. The molecule has 1 aliphatic heterocycles. The molecule has 192 valence electrons. The summed E-state index contributed by atoms with van der Waals surface area (Å²) in [6, 6.07) is 7.97. The van der Waals surface area contributed by atoms with Gasteiger partial charge in [-0.15, -0.1) is 0 Å². The first kappa shape index (κ1) is 24.7. The first-order chi connectivity index (χ1) is 17.9. The molecule has 0 bridgehead atoms. The summed E-state index contributed by atoms with van der Waals surface area (Å²) < 4.78 is 8.47. The Morgan fingerprint density at radius 2 is 2.03 bits per heavy atom. The van der Waals surface area contributed by atoms with Crippen LogP contribution < -0.4 is 0 Å². The Morgan fingerprint density at radius 3 is 2.76 bits per heavy atom. The third kappa shape index (κ3) is 4.88. The van der Waals surface area contributed by atoms with Gasteiger partial charge in [-0.3, -0.25) is 4.79 Å². The van der Waals surface area contributed by atoms with E-state index in [2.05, 4.69) is 26.5 Å². The lowest BCUT2D eigenvalue weighted by Crippen LogP contribution is -2.34. The van der Waals surface area contributed by atoms with E-state index in [9.17, 15) is 10.1 Å². The standard InChI is InChI=1S/C27H32N8O2/c1-32(2)13-14-34(4)27(36)18(16-28)15-20-5-6-23(37-20)26-31-22-17-30-25-21(7-10-29-25)24(22)35(26)19-8-11-33(3)12-9-19/h5-7,10,15,17,19H,8-9,11-14H2,1-4H3,(H,29,30)/b18-15+. The molecule has 37 heavy (non-hydrogen) atoms. The molecule has 4 aromatic rings. The van der Waals surface area contributed by atoms with Gasteiger partial charge in [-0.25, -0.2) is 9.97 Å². The molecular weight excluding hydrogens is 468 g/mol. The van der Waals surface area contributed by atoms with Crippen molar-refractivity contribution in [2.45, 2.75) is 18.9 Å². The number of nitrogens with one attached hydrogen (secondary N) is 1. The van der Waals surface area contributed by atoms with Crippen LogP contribution in [-0.2, 0) is 4.79 Å². The largest absolute Gasteiger partial charge is 0.453 e. The fraction of sp³-hybridized carbons (Fsp3) is 0.407. The van der Waals surface area contributed by atoms with Crippen LogP contribution >= 0.6 is 0 Å². The highest BCUT2D eigenvalue weighted by molar-refractivity contribution is 6.03. The van der Waals surface area contributed by atoms with Gasteiger partial charge in [0.2, 0.25) is 0 Å². The molecule has 5 heterocycles. The van der Waals surface area contributed by atoms with E-state index in [0.29, 0.717) is 24.6 Å². The van der Waals surface area contributed by atoms with Gasteiger partial charge in [0.05, 0.1) is 11.7 Å². The summed E-state index contributed by atoms with van der Waals surface area (Å²) in [6.07, 6.45) is 7.20. The van der Waals surface area contributed by atoms with Gasteiger partial charge in [-0.2, -0.15) is 5.26 Å². The van der Waals surface area contributed by atoms with Crippen LogP contribution in [0, 0.1) is 11.3 Å².